The molecule has 0 fully saturated rings. The molecule has 1 amide bonds. The number of carbonyl (C=O) groups is 1. The molecule has 0 aliphatic heterocycles. The number of anilines is 1. The molecular formula is C18H18BrFN4O. The Morgan fingerprint density at radius 3 is 2.68 bits per heavy atom. The van der Waals surface area contributed by atoms with E-state index < -0.39 is 5.82 Å². The second-order valence-electron chi connectivity index (χ2n) is 6.24. The van der Waals surface area contributed by atoms with Crippen molar-refractivity contribution >= 4 is 38.6 Å². The number of aryl methyl sites for hydroxylation is 2. The maximum Gasteiger partial charge on any atom is 0.256 e. The third kappa shape index (κ3) is 3.28. The van der Waals surface area contributed by atoms with Gasteiger partial charge in [-0.15, -0.1) is 0 Å². The van der Waals surface area contributed by atoms with Crippen LogP contribution in [0.2, 0.25) is 0 Å². The van der Waals surface area contributed by atoms with Crippen LogP contribution in [0.4, 0.5) is 10.1 Å². The summed E-state index contributed by atoms with van der Waals surface area (Å²) in [5.41, 5.74) is 2.72. The number of rotatable bonds is 3. The van der Waals surface area contributed by atoms with Crippen molar-refractivity contribution in [2.45, 2.75) is 26.7 Å². The minimum absolute atomic E-state index is 0.130. The molecule has 1 N–H and O–H groups in total. The largest absolute Gasteiger partial charge is 0.319 e. The number of halogens is 2. The predicted molar refractivity (Wildman–Crippen MR) is 99.4 cm³/mol. The third-order valence-corrected chi connectivity index (χ3v) is 4.50. The van der Waals surface area contributed by atoms with Gasteiger partial charge in [0, 0.05) is 17.2 Å². The second-order valence-corrected chi connectivity index (χ2v) is 7.15. The van der Waals surface area contributed by atoms with Crippen LogP contribution in [0.5, 0.6) is 0 Å². The lowest BCUT2D eigenvalue weighted by atomic mass is 10.0. The van der Waals surface area contributed by atoms with Crippen LogP contribution in [0.25, 0.3) is 11.0 Å². The van der Waals surface area contributed by atoms with Crippen molar-refractivity contribution < 1.29 is 9.18 Å². The monoisotopic (exact) mass is 404 g/mol. The van der Waals surface area contributed by atoms with E-state index in [4.69, 9.17) is 0 Å². The summed E-state index contributed by atoms with van der Waals surface area (Å²) in [6, 6.07) is 6.27. The Bertz CT molecular complexity index is 981. The fourth-order valence-corrected chi connectivity index (χ4v) is 3.05. The van der Waals surface area contributed by atoms with Gasteiger partial charge in [0.05, 0.1) is 22.3 Å². The van der Waals surface area contributed by atoms with Gasteiger partial charge in [0.25, 0.3) is 5.91 Å². The van der Waals surface area contributed by atoms with Gasteiger partial charge < -0.3 is 5.32 Å². The maximum absolute atomic E-state index is 14.1. The molecule has 25 heavy (non-hydrogen) atoms. The normalized spacial score (nSPS) is 11.3. The lowest BCUT2D eigenvalue weighted by Crippen LogP contribution is -2.15. The number of amides is 1. The van der Waals surface area contributed by atoms with Crippen molar-refractivity contribution in [3.05, 3.63) is 51.5 Å². The number of hydrogen-bond donors (Lipinski definition) is 1. The highest BCUT2D eigenvalue weighted by Crippen LogP contribution is 2.26. The average molecular weight is 405 g/mol. The molecule has 130 valence electrons. The molecule has 3 aromatic rings. The minimum Gasteiger partial charge on any atom is -0.319 e. The number of nitrogens with one attached hydrogen (secondary N) is 1. The van der Waals surface area contributed by atoms with Crippen molar-refractivity contribution in [3.63, 3.8) is 0 Å². The highest BCUT2D eigenvalue weighted by atomic mass is 79.9. The topological polar surface area (TPSA) is 59.8 Å². The van der Waals surface area contributed by atoms with Gasteiger partial charge in [-0.05, 0) is 37.1 Å². The molecule has 5 nitrogen and oxygen atoms in total. The third-order valence-electron chi connectivity index (χ3n) is 4.00. The molecule has 3 rings (SSSR count). The number of aromatic nitrogens is 3. The van der Waals surface area contributed by atoms with Gasteiger partial charge in [-0.3, -0.25) is 9.48 Å². The van der Waals surface area contributed by atoms with Crippen molar-refractivity contribution in [3.8, 4) is 0 Å². The first-order chi connectivity index (χ1) is 11.8. The number of benzene rings is 1. The summed E-state index contributed by atoms with van der Waals surface area (Å²) in [7, 11) is 1.79. The zero-order valence-corrected chi connectivity index (χ0v) is 16.0. The Morgan fingerprint density at radius 1 is 1.32 bits per heavy atom. The number of fused-ring (bicyclic) bond motifs is 1. The van der Waals surface area contributed by atoms with Gasteiger partial charge in [0.1, 0.15) is 5.82 Å². The molecule has 0 spiro atoms. The minimum atomic E-state index is -0.500. The first kappa shape index (κ1) is 17.5. The number of nitrogens with zero attached hydrogens (tertiary/aromatic N) is 3. The molecule has 0 aliphatic rings. The predicted octanol–water partition coefficient (Wildman–Crippen LogP) is 4.55. The Kier molecular flexibility index (Phi) is 4.60. The lowest BCUT2D eigenvalue weighted by molar-refractivity contribution is 0.102. The lowest BCUT2D eigenvalue weighted by Gasteiger charge is -2.11. The van der Waals surface area contributed by atoms with Crippen LogP contribution >= 0.6 is 15.9 Å². The fraction of sp³-hybridized carbons (Fsp3) is 0.278. The summed E-state index contributed by atoms with van der Waals surface area (Å²) in [4.78, 5) is 17.5. The van der Waals surface area contributed by atoms with Crippen molar-refractivity contribution in [1.82, 2.24) is 14.8 Å². The van der Waals surface area contributed by atoms with Gasteiger partial charge in [-0.25, -0.2) is 9.37 Å². The number of hydrogen-bond acceptors (Lipinski definition) is 3. The van der Waals surface area contributed by atoms with Crippen molar-refractivity contribution in [2.75, 3.05) is 5.32 Å². The number of pyridine rings is 1. The summed E-state index contributed by atoms with van der Waals surface area (Å²) < 4.78 is 16.3. The van der Waals surface area contributed by atoms with Gasteiger partial charge in [0.2, 0.25) is 0 Å². The van der Waals surface area contributed by atoms with Crippen LogP contribution in [0.15, 0.2) is 28.7 Å². The van der Waals surface area contributed by atoms with Crippen molar-refractivity contribution in [2.24, 2.45) is 7.05 Å². The fourth-order valence-electron chi connectivity index (χ4n) is 2.72. The molecular weight excluding hydrogens is 387 g/mol. The smallest absolute Gasteiger partial charge is 0.256 e. The van der Waals surface area contributed by atoms with E-state index >= 15 is 0 Å². The Hall–Kier alpha value is -2.28. The van der Waals surface area contributed by atoms with Gasteiger partial charge >= 0.3 is 0 Å². The van der Waals surface area contributed by atoms with Crippen LogP contribution in [0.3, 0.4) is 0 Å². The van der Waals surface area contributed by atoms with E-state index in [-0.39, 0.29) is 17.5 Å². The summed E-state index contributed by atoms with van der Waals surface area (Å²) in [6.45, 7) is 5.84. The van der Waals surface area contributed by atoms with Gasteiger partial charge in [-0.2, -0.15) is 5.10 Å². The van der Waals surface area contributed by atoms with E-state index in [0.29, 0.717) is 26.8 Å². The maximum atomic E-state index is 14.1. The van der Waals surface area contributed by atoms with E-state index in [1.807, 2.05) is 20.8 Å². The van der Waals surface area contributed by atoms with E-state index in [9.17, 15) is 9.18 Å². The molecule has 0 atom stereocenters. The molecule has 2 aromatic heterocycles. The molecule has 0 unspecified atom stereocenters. The molecule has 2 heterocycles. The van der Waals surface area contributed by atoms with Crippen LogP contribution < -0.4 is 5.32 Å². The van der Waals surface area contributed by atoms with E-state index in [1.54, 1.807) is 23.9 Å². The molecule has 0 radical (unpaired) electrons. The molecule has 0 saturated carbocycles. The quantitative estimate of drug-likeness (QED) is 0.696. The first-order valence-corrected chi connectivity index (χ1v) is 8.68. The first-order valence-electron chi connectivity index (χ1n) is 7.88. The van der Waals surface area contributed by atoms with E-state index in [0.717, 1.165) is 5.69 Å². The summed E-state index contributed by atoms with van der Waals surface area (Å²) in [5.74, 6) is -0.734. The molecule has 0 bridgehead atoms. The van der Waals surface area contributed by atoms with Gasteiger partial charge in [-0.1, -0.05) is 29.8 Å². The molecule has 0 aliphatic carbocycles. The molecule has 0 saturated heterocycles. The highest BCUT2D eigenvalue weighted by molar-refractivity contribution is 9.10. The van der Waals surface area contributed by atoms with E-state index in [2.05, 4.69) is 31.3 Å². The number of carbonyl (C=O) groups excluding carboxylic acids is 1. The Morgan fingerprint density at radius 2 is 2.04 bits per heavy atom. The standard InChI is InChI=1S/C18H18BrFN4O/c1-9(2)15-8-12(16-10(3)23-24(4)17(16)21-15)18(25)22-14-6-5-11(19)7-13(14)20/h5-9H,1-4H3,(H,22,25). The summed E-state index contributed by atoms with van der Waals surface area (Å²) in [6.07, 6.45) is 0. The van der Waals surface area contributed by atoms with Crippen LogP contribution in [0, 0.1) is 12.7 Å². The summed E-state index contributed by atoms with van der Waals surface area (Å²) in [5, 5.41) is 7.70. The van der Waals surface area contributed by atoms with Crippen LogP contribution in [0.1, 0.15) is 41.5 Å². The zero-order valence-electron chi connectivity index (χ0n) is 14.4. The second kappa shape index (κ2) is 6.55. The molecule has 1 aromatic carbocycles. The van der Waals surface area contributed by atoms with Crippen molar-refractivity contribution in [1.29, 1.82) is 0 Å². The van der Waals surface area contributed by atoms with Crippen LogP contribution in [-0.4, -0.2) is 20.7 Å². The Labute approximate surface area is 153 Å². The molecule has 7 heteroatoms. The average Bonchev–Trinajstić information content (AvgIpc) is 2.83. The summed E-state index contributed by atoms with van der Waals surface area (Å²) >= 11 is 3.21. The zero-order chi connectivity index (χ0) is 18.3. The SMILES string of the molecule is Cc1nn(C)c2nc(C(C)C)cc(C(=O)Nc3ccc(Br)cc3F)c12. The van der Waals surface area contributed by atoms with Crippen LogP contribution in [-0.2, 0) is 7.05 Å². The Balaban J connectivity index is 2.11. The van der Waals surface area contributed by atoms with E-state index in [1.165, 1.54) is 12.1 Å². The van der Waals surface area contributed by atoms with Gasteiger partial charge in [0.15, 0.2) is 5.65 Å². The highest BCUT2D eigenvalue weighted by Gasteiger charge is 2.20.